The number of rotatable bonds is 7. The van der Waals surface area contributed by atoms with Gasteiger partial charge in [0.1, 0.15) is 10.3 Å². The van der Waals surface area contributed by atoms with Gasteiger partial charge >= 0.3 is 0 Å². The number of nitrogens with zero attached hydrogens (tertiary/aromatic N) is 1. The molecule has 0 aliphatic heterocycles. The van der Waals surface area contributed by atoms with Crippen LogP contribution in [0.25, 0.3) is 0 Å². The lowest BCUT2D eigenvalue weighted by molar-refractivity contribution is 0.0953. The van der Waals surface area contributed by atoms with Crippen LogP contribution in [0.3, 0.4) is 0 Å². The first kappa shape index (κ1) is 15.6. The Hall–Kier alpha value is -0.450. The quantitative estimate of drug-likeness (QED) is 0.617. The molecule has 1 aromatic heterocycles. The first-order valence-electron chi connectivity index (χ1n) is 5.74. The van der Waals surface area contributed by atoms with Crippen molar-refractivity contribution in [1.82, 2.24) is 10.3 Å². The summed E-state index contributed by atoms with van der Waals surface area (Å²) >= 11 is 13.4. The van der Waals surface area contributed by atoms with Crippen molar-refractivity contribution in [2.45, 2.75) is 19.3 Å². The fourth-order valence-corrected chi connectivity index (χ4v) is 2.35. The molecule has 3 nitrogen and oxygen atoms in total. The molecule has 1 rings (SSSR count). The van der Waals surface area contributed by atoms with E-state index in [1.165, 1.54) is 12.2 Å². The minimum atomic E-state index is -0.200. The molecule has 0 bridgehead atoms. The lowest BCUT2D eigenvalue weighted by atomic mass is 10.2. The van der Waals surface area contributed by atoms with E-state index >= 15 is 0 Å². The normalized spacial score (nSPS) is 10.4. The van der Waals surface area contributed by atoms with Gasteiger partial charge in [0.25, 0.3) is 5.91 Å². The van der Waals surface area contributed by atoms with Crippen molar-refractivity contribution >= 4 is 40.9 Å². The first-order valence-corrected chi connectivity index (χ1v) is 7.89. The van der Waals surface area contributed by atoms with Crippen LogP contribution < -0.4 is 5.32 Å². The van der Waals surface area contributed by atoms with Gasteiger partial charge in [-0.1, -0.05) is 29.6 Å². The highest BCUT2D eigenvalue weighted by Gasteiger charge is 2.10. The maximum Gasteiger partial charge on any atom is 0.254 e. The van der Waals surface area contributed by atoms with E-state index in [0.717, 1.165) is 12.8 Å². The Kier molecular flexibility index (Phi) is 7.47. The van der Waals surface area contributed by atoms with Crippen molar-refractivity contribution in [3.8, 4) is 0 Å². The zero-order valence-corrected chi connectivity index (χ0v) is 12.5. The highest BCUT2D eigenvalue weighted by atomic mass is 35.5. The summed E-state index contributed by atoms with van der Waals surface area (Å²) in [7, 11) is 0. The van der Waals surface area contributed by atoms with Crippen molar-refractivity contribution in [2.24, 2.45) is 0 Å². The SMILES string of the molecule is CSCCCCCNC(=O)c1ccc(Cl)nc1Cl. The predicted octanol–water partition coefficient (Wildman–Crippen LogP) is 3.65. The number of hydrogen-bond acceptors (Lipinski definition) is 3. The fraction of sp³-hybridized carbons (Fsp3) is 0.500. The van der Waals surface area contributed by atoms with Crippen LogP contribution in [0, 0.1) is 0 Å². The van der Waals surface area contributed by atoms with Gasteiger partial charge in [0.2, 0.25) is 0 Å². The minimum absolute atomic E-state index is 0.141. The monoisotopic (exact) mass is 306 g/mol. The lowest BCUT2D eigenvalue weighted by Gasteiger charge is -2.06. The molecule has 1 heterocycles. The molecule has 0 fully saturated rings. The molecule has 0 aliphatic rings. The summed E-state index contributed by atoms with van der Waals surface area (Å²) in [5.41, 5.74) is 0.366. The molecule has 6 heteroatoms. The van der Waals surface area contributed by atoms with E-state index in [4.69, 9.17) is 23.2 Å². The Morgan fingerprint density at radius 3 is 2.78 bits per heavy atom. The first-order chi connectivity index (χ1) is 8.65. The maximum absolute atomic E-state index is 11.8. The number of carbonyl (C=O) groups is 1. The average Bonchev–Trinajstić information content (AvgIpc) is 2.33. The van der Waals surface area contributed by atoms with Gasteiger partial charge in [-0.25, -0.2) is 4.98 Å². The Bertz CT molecular complexity index is 402. The number of thioether (sulfide) groups is 1. The molecule has 0 saturated carbocycles. The number of unbranched alkanes of at least 4 members (excludes halogenated alkanes) is 2. The van der Waals surface area contributed by atoms with Gasteiger partial charge in [-0.15, -0.1) is 0 Å². The number of carbonyl (C=O) groups excluding carboxylic acids is 1. The van der Waals surface area contributed by atoms with Crippen molar-refractivity contribution in [1.29, 1.82) is 0 Å². The number of halogens is 2. The zero-order chi connectivity index (χ0) is 13.4. The molecule has 1 amide bonds. The van der Waals surface area contributed by atoms with Crippen LogP contribution in [0.5, 0.6) is 0 Å². The van der Waals surface area contributed by atoms with Crippen molar-refractivity contribution in [3.63, 3.8) is 0 Å². The smallest absolute Gasteiger partial charge is 0.254 e. The highest BCUT2D eigenvalue weighted by Crippen LogP contribution is 2.16. The summed E-state index contributed by atoms with van der Waals surface area (Å²) < 4.78 is 0. The molecular weight excluding hydrogens is 291 g/mol. The Morgan fingerprint density at radius 2 is 2.11 bits per heavy atom. The van der Waals surface area contributed by atoms with Gasteiger partial charge in [0.05, 0.1) is 5.56 Å². The summed E-state index contributed by atoms with van der Waals surface area (Å²) in [5, 5.41) is 3.25. The van der Waals surface area contributed by atoms with E-state index in [9.17, 15) is 4.79 Å². The van der Waals surface area contributed by atoms with Crippen molar-refractivity contribution < 1.29 is 4.79 Å². The van der Waals surface area contributed by atoms with E-state index in [2.05, 4.69) is 16.6 Å². The van der Waals surface area contributed by atoms with E-state index < -0.39 is 0 Å². The Balaban J connectivity index is 2.32. The molecule has 0 unspecified atom stereocenters. The number of aromatic nitrogens is 1. The Morgan fingerprint density at radius 1 is 1.33 bits per heavy atom. The number of nitrogens with one attached hydrogen (secondary N) is 1. The fourth-order valence-electron chi connectivity index (χ4n) is 1.43. The largest absolute Gasteiger partial charge is 0.352 e. The topological polar surface area (TPSA) is 42.0 Å². The summed E-state index contributed by atoms with van der Waals surface area (Å²) in [4.78, 5) is 15.6. The summed E-state index contributed by atoms with van der Waals surface area (Å²) in [6.45, 7) is 0.659. The molecule has 0 spiro atoms. The van der Waals surface area contributed by atoms with E-state index in [0.29, 0.717) is 12.1 Å². The second-order valence-electron chi connectivity index (χ2n) is 3.78. The van der Waals surface area contributed by atoms with E-state index in [-0.39, 0.29) is 16.2 Å². The third-order valence-electron chi connectivity index (χ3n) is 2.37. The van der Waals surface area contributed by atoms with Crippen LogP contribution in [0.1, 0.15) is 29.6 Å². The third kappa shape index (κ3) is 5.46. The second-order valence-corrected chi connectivity index (χ2v) is 5.51. The molecule has 0 radical (unpaired) electrons. The highest BCUT2D eigenvalue weighted by molar-refractivity contribution is 7.98. The van der Waals surface area contributed by atoms with Gasteiger partial charge in [-0.3, -0.25) is 4.79 Å². The third-order valence-corrected chi connectivity index (χ3v) is 3.57. The zero-order valence-electron chi connectivity index (χ0n) is 10.2. The van der Waals surface area contributed by atoms with Crippen LogP contribution in [0.15, 0.2) is 12.1 Å². The van der Waals surface area contributed by atoms with Crippen molar-refractivity contribution in [2.75, 3.05) is 18.6 Å². The van der Waals surface area contributed by atoms with Gasteiger partial charge in [0.15, 0.2) is 0 Å². The molecule has 0 aliphatic carbocycles. The predicted molar refractivity (Wildman–Crippen MR) is 78.8 cm³/mol. The van der Waals surface area contributed by atoms with Crippen LogP contribution in [-0.2, 0) is 0 Å². The Labute approximate surface area is 122 Å². The molecule has 18 heavy (non-hydrogen) atoms. The van der Waals surface area contributed by atoms with Gasteiger partial charge < -0.3 is 5.32 Å². The lowest BCUT2D eigenvalue weighted by Crippen LogP contribution is -2.24. The van der Waals surface area contributed by atoms with Gasteiger partial charge in [-0.2, -0.15) is 11.8 Å². The molecule has 0 saturated heterocycles. The molecule has 1 aromatic rings. The average molecular weight is 307 g/mol. The summed E-state index contributed by atoms with van der Waals surface area (Å²) in [5.74, 6) is 0.968. The van der Waals surface area contributed by atoms with Crippen molar-refractivity contribution in [3.05, 3.63) is 28.0 Å². The van der Waals surface area contributed by atoms with Gasteiger partial charge in [0, 0.05) is 6.54 Å². The number of pyridine rings is 1. The van der Waals surface area contributed by atoms with E-state index in [1.807, 2.05) is 11.8 Å². The standard InChI is InChI=1S/C12H16Cl2N2OS/c1-18-8-4-2-3-7-15-12(17)9-5-6-10(13)16-11(9)14/h5-6H,2-4,7-8H2,1H3,(H,15,17). The number of hydrogen-bond donors (Lipinski definition) is 1. The summed E-state index contributed by atoms with van der Waals surface area (Å²) in [6, 6.07) is 3.14. The maximum atomic E-state index is 11.8. The van der Waals surface area contributed by atoms with Crippen LogP contribution in [-0.4, -0.2) is 29.4 Å². The van der Waals surface area contributed by atoms with Crippen LogP contribution >= 0.6 is 35.0 Å². The van der Waals surface area contributed by atoms with Gasteiger partial charge in [-0.05, 0) is 37.0 Å². The molecule has 1 N–H and O–H groups in total. The summed E-state index contributed by atoms with van der Waals surface area (Å²) in [6.07, 6.45) is 5.37. The number of amides is 1. The molecule has 0 aromatic carbocycles. The molecule has 100 valence electrons. The minimum Gasteiger partial charge on any atom is -0.352 e. The molecular formula is C12H16Cl2N2OS. The second kappa shape index (κ2) is 8.62. The van der Waals surface area contributed by atoms with E-state index in [1.54, 1.807) is 12.1 Å². The van der Waals surface area contributed by atoms with Crippen LogP contribution in [0.2, 0.25) is 10.3 Å². The van der Waals surface area contributed by atoms with Crippen LogP contribution in [0.4, 0.5) is 0 Å². The molecule has 0 atom stereocenters.